The van der Waals surface area contributed by atoms with Crippen molar-refractivity contribution in [2.75, 3.05) is 6.61 Å². The molecule has 0 spiro atoms. The van der Waals surface area contributed by atoms with Crippen LogP contribution in [0.1, 0.15) is 22.8 Å². The molecule has 1 N–H and O–H groups in total. The van der Waals surface area contributed by atoms with Crippen LogP contribution < -0.4 is 10.1 Å². The Morgan fingerprint density at radius 2 is 1.88 bits per heavy atom. The summed E-state index contributed by atoms with van der Waals surface area (Å²) in [5.41, 5.74) is 2.76. The summed E-state index contributed by atoms with van der Waals surface area (Å²) >= 11 is 1.61. The van der Waals surface area contributed by atoms with Gasteiger partial charge in [-0.1, -0.05) is 24.3 Å². The molecular weight excluding hydrogens is 320 g/mol. The summed E-state index contributed by atoms with van der Waals surface area (Å²) in [4.78, 5) is 16.5. The second-order valence-corrected chi connectivity index (χ2v) is 6.07. The standard InChI is InChI=1S/C19H18N2O2S/c1-2-23-17-9-7-15(8-10-17)18(22)21-13-14-3-5-16(6-4-14)19-20-11-12-24-19/h3-12H,2,13H2,1H3,(H,21,22). The van der Waals surface area contributed by atoms with Crippen LogP contribution in [-0.4, -0.2) is 17.5 Å². The van der Waals surface area contributed by atoms with Crippen LogP contribution >= 0.6 is 11.3 Å². The van der Waals surface area contributed by atoms with E-state index in [1.807, 2.05) is 36.6 Å². The number of ether oxygens (including phenoxy) is 1. The van der Waals surface area contributed by atoms with E-state index in [1.54, 1.807) is 41.8 Å². The van der Waals surface area contributed by atoms with Crippen molar-refractivity contribution in [1.29, 1.82) is 0 Å². The summed E-state index contributed by atoms with van der Waals surface area (Å²) < 4.78 is 5.38. The lowest BCUT2D eigenvalue weighted by Crippen LogP contribution is -2.22. The van der Waals surface area contributed by atoms with E-state index in [0.29, 0.717) is 18.7 Å². The number of nitrogens with one attached hydrogen (secondary N) is 1. The third kappa shape index (κ3) is 4.00. The van der Waals surface area contributed by atoms with Gasteiger partial charge in [0.2, 0.25) is 0 Å². The van der Waals surface area contributed by atoms with Gasteiger partial charge >= 0.3 is 0 Å². The van der Waals surface area contributed by atoms with E-state index >= 15 is 0 Å². The highest BCUT2D eigenvalue weighted by Gasteiger charge is 2.06. The number of amides is 1. The van der Waals surface area contributed by atoms with Gasteiger partial charge in [-0.3, -0.25) is 4.79 Å². The summed E-state index contributed by atoms with van der Waals surface area (Å²) in [5, 5.41) is 5.89. The summed E-state index contributed by atoms with van der Waals surface area (Å²) in [5.74, 6) is 0.675. The molecule has 0 fully saturated rings. The van der Waals surface area contributed by atoms with Crippen molar-refractivity contribution >= 4 is 17.2 Å². The molecule has 0 saturated heterocycles. The van der Waals surface area contributed by atoms with E-state index in [2.05, 4.69) is 10.3 Å². The number of benzene rings is 2. The Hall–Kier alpha value is -2.66. The molecule has 0 radical (unpaired) electrons. The number of hydrogen-bond acceptors (Lipinski definition) is 4. The van der Waals surface area contributed by atoms with Gasteiger partial charge in [0.25, 0.3) is 5.91 Å². The molecule has 3 aromatic rings. The zero-order valence-corrected chi connectivity index (χ0v) is 14.2. The van der Waals surface area contributed by atoms with Crippen molar-refractivity contribution < 1.29 is 9.53 Å². The van der Waals surface area contributed by atoms with Crippen molar-refractivity contribution in [1.82, 2.24) is 10.3 Å². The monoisotopic (exact) mass is 338 g/mol. The van der Waals surface area contributed by atoms with Gasteiger partial charge in [0.05, 0.1) is 6.61 Å². The Bertz CT molecular complexity index is 781. The van der Waals surface area contributed by atoms with E-state index in [9.17, 15) is 4.79 Å². The van der Waals surface area contributed by atoms with Gasteiger partial charge in [0.15, 0.2) is 0 Å². The number of hydrogen-bond donors (Lipinski definition) is 1. The van der Waals surface area contributed by atoms with Crippen molar-refractivity contribution in [3.8, 4) is 16.3 Å². The van der Waals surface area contributed by atoms with Gasteiger partial charge in [-0.05, 0) is 36.8 Å². The molecule has 122 valence electrons. The molecule has 3 rings (SSSR count). The molecule has 0 saturated carbocycles. The molecule has 1 amide bonds. The van der Waals surface area contributed by atoms with Crippen LogP contribution in [0.15, 0.2) is 60.1 Å². The quantitative estimate of drug-likeness (QED) is 0.735. The highest BCUT2D eigenvalue weighted by Crippen LogP contribution is 2.21. The molecule has 0 aliphatic heterocycles. The molecule has 0 aliphatic rings. The minimum atomic E-state index is -0.0953. The van der Waals surface area contributed by atoms with Crippen LogP contribution in [0.5, 0.6) is 5.75 Å². The molecule has 0 bridgehead atoms. The SMILES string of the molecule is CCOc1ccc(C(=O)NCc2ccc(-c3nccs3)cc2)cc1. The van der Waals surface area contributed by atoms with Crippen molar-refractivity contribution in [3.63, 3.8) is 0 Å². The fourth-order valence-electron chi connectivity index (χ4n) is 2.28. The van der Waals surface area contributed by atoms with Gasteiger partial charge in [0, 0.05) is 29.2 Å². The maximum absolute atomic E-state index is 12.2. The Morgan fingerprint density at radius 3 is 2.50 bits per heavy atom. The van der Waals surface area contributed by atoms with E-state index in [4.69, 9.17) is 4.74 Å². The van der Waals surface area contributed by atoms with E-state index < -0.39 is 0 Å². The smallest absolute Gasteiger partial charge is 0.251 e. The minimum absolute atomic E-state index is 0.0953. The molecular formula is C19H18N2O2S. The largest absolute Gasteiger partial charge is 0.494 e. The minimum Gasteiger partial charge on any atom is -0.494 e. The summed E-state index contributed by atoms with van der Waals surface area (Å²) in [6, 6.07) is 15.2. The maximum atomic E-state index is 12.2. The van der Waals surface area contributed by atoms with Gasteiger partial charge in [-0.2, -0.15) is 0 Å². The first-order chi connectivity index (χ1) is 11.8. The third-order valence-electron chi connectivity index (χ3n) is 3.51. The summed E-state index contributed by atoms with van der Waals surface area (Å²) in [6.45, 7) is 3.03. The number of carbonyl (C=O) groups excluding carboxylic acids is 1. The van der Waals surface area contributed by atoms with Crippen molar-refractivity contribution in [2.45, 2.75) is 13.5 Å². The molecule has 0 aliphatic carbocycles. The maximum Gasteiger partial charge on any atom is 0.251 e. The molecule has 1 heterocycles. The highest BCUT2D eigenvalue weighted by molar-refractivity contribution is 7.13. The Labute approximate surface area is 145 Å². The average Bonchev–Trinajstić information content (AvgIpc) is 3.16. The van der Waals surface area contributed by atoms with E-state index in [1.165, 1.54) is 0 Å². The van der Waals surface area contributed by atoms with E-state index in [0.717, 1.165) is 21.9 Å². The molecule has 1 aromatic heterocycles. The van der Waals surface area contributed by atoms with Crippen LogP contribution in [-0.2, 0) is 6.54 Å². The van der Waals surface area contributed by atoms with Gasteiger partial charge < -0.3 is 10.1 Å². The first-order valence-corrected chi connectivity index (χ1v) is 8.64. The second-order valence-electron chi connectivity index (χ2n) is 5.17. The predicted molar refractivity (Wildman–Crippen MR) is 96.3 cm³/mol. The molecule has 2 aromatic carbocycles. The van der Waals surface area contributed by atoms with Crippen LogP contribution in [0.3, 0.4) is 0 Å². The first-order valence-electron chi connectivity index (χ1n) is 7.76. The van der Waals surface area contributed by atoms with Gasteiger partial charge in [-0.15, -0.1) is 11.3 Å². The fourth-order valence-corrected chi connectivity index (χ4v) is 2.93. The molecule has 0 unspecified atom stereocenters. The normalized spacial score (nSPS) is 10.4. The van der Waals surface area contributed by atoms with Crippen molar-refractivity contribution in [3.05, 3.63) is 71.2 Å². The van der Waals surface area contributed by atoms with Gasteiger partial charge in [-0.25, -0.2) is 4.98 Å². The van der Waals surface area contributed by atoms with Crippen LogP contribution in [0, 0.1) is 0 Å². The predicted octanol–water partition coefficient (Wildman–Crippen LogP) is 4.14. The average molecular weight is 338 g/mol. The van der Waals surface area contributed by atoms with E-state index in [-0.39, 0.29) is 5.91 Å². The molecule has 4 nitrogen and oxygen atoms in total. The van der Waals surface area contributed by atoms with Gasteiger partial charge in [0.1, 0.15) is 10.8 Å². The number of rotatable bonds is 6. The number of aromatic nitrogens is 1. The number of thiazole rings is 1. The lowest BCUT2D eigenvalue weighted by Gasteiger charge is -2.07. The lowest BCUT2D eigenvalue weighted by atomic mass is 10.1. The third-order valence-corrected chi connectivity index (χ3v) is 4.34. The van der Waals surface area contributed by atoms with Crippen molar-refractivity contribution in [2.24, 2.45) is 0 Å². The zero-order chi connectivity index (χ0) is 16.8. The topological polar surface area (TPSA) is 51.2 Å². The Balaban J connectivity index is 1.57. The van der Waals surface area contributed by atoms with Crippen LogP contribution in [0.4, 0.5) is 0 Å². The first kappa shape index (κ1) is 16.2. The Morgan fingerprint density at radius 1 is 1.12 bits per heavy atom. The molecule has 0 atom stereocenters. The number of nitrogens with zero attached hydrogens (tertiary/aromatic N) is 1. The summed E-state index contributed by atoms with van der Waals surface area (Å²) in [7, 11) is 0. The molecule has 5 heteroatoms. The zero-order valence-electron chi connectivity index (χ0n) is 13.4. The lowest BCUT2D eigenvalue weighted by molar-refractivity contribution is 0.0951. The number of carbonyl (C=O) groups is 1. The van der Waals surface area contributed by atoms with Crippen LogP contribution in [0.2, 0.25) is 0 Å². The Kier molecular flexibility index (Phi) is 5.23. The fraction of sp³-hybridized carbons (Fsp3) is 0.158. The second kappa shape index (κ2) is 7.75. The molecule has 24 heavy (non-hydrogen) atoms. The highest BCUT2D eigenvalue weighted by atomic mass is 32.1. The summed E-state index contributed by atoms with van der Waals surface area (Å²) in [6.07, 6.45) is 1.80. The van der Waals surface area contributed by atoms with Crippen LogP contribution in [0.25, 0.3) is 10.6 Å².